The van der Waals surface area contributed by atoms with Crippen molar-refractivity contribution >= 4 is 34.9 Å². The molecule has 0 bridgehead atoms. The van der Waals surface area contributed by atoms with Crippen molar-refractivity contribution in [2.24, 2.45) is 0 Å². The second-order valence-electron chi connectivity index (χ2n) is 5.30. The highest BCUT2D eigenvalue weighted by molar-refractivity contribution is 7.98. The lowest BCUT2D eigenvalue weighted by Gasteiger charge is -2.08. The minimum absolute atomic E-state index is 0.0307. The zero-order valence-electron chi connectivity index (χ0n) is 13.7. The van der Waals surface area contributed by atoms with Gasteiger partial charge >= 0.3 is 0 Å². The third-order valence-corrected chi connectivity index (χ3v) is 5.49. The summed E-state index contributed by atoms with van der Waals surface area (Å²) < 4.78 is 0. The number of amides is 2. The molecule has 6 heteroatoms. The number of carbonyl (C=O) groups is 2. The number of hydrogen-bond acceptors (Lipinski definition) is 4. The maximum absolute atomic E-state index is 12.0. The van der Waals surface area contributed by atoms with Gasteiger partial charge in [0.1, 0.15) is 0 Å². The van der Waals surface area contributed by atoms with Crippen LogP contribution in [0.4, 0.5) is 0 Å². The molecule has 4 nitrogen and oxygen atoms in total. The third kappa shape index (κ3) is 6.37. The van der Waals surface area contributed by atoms with Crippen LogP contribution >= 0.6 is 23.1 Å². The summed E-state index contributed by atoms with van der Waals surface area (Å²) in [5, 5.41) is 7.74. The zero-order chi connectivity index (χ0) is 17.2. The SMILES string of the molecule is Cc1ccccc1C(=O)NCCC(=O)NCCSCc1cccs1. The van der Waals surface area contributed by atoms with Gasteiger partial charge in [-0.1, -0.05) is 24.3 Å². The van der Waals surface area contributed by atoms with Crippen molar-refractivity contribution < 1.29 is 9.59 Å². The van der Waals surface area contributed by atoms with Gasteiger partial charge in [0.05, 0.1) is 0 Å². The van der Waals surface area contributed by atoms with Crippen LogP contribution < -0.4 is 10.6 Å². The van der Waals surface area contributed by atoms with E-state index in [0.29, 0.717) is 25.1 Å². The van der Waals surface area contributed by atoms with Crippen molar-refractivity contribution in [2.75, 3.05) is 18.8 Å². The Balaban J connectivity index is 1.55. The molecule has 0 radical (unpaired) electrons. The Morgan fingerprint density at radius 3 is 2.67 bits per heavy atom. The van der Waals surface area contributed by atoms with Crippen molar-refractivity contribution in [3.8, 4) is 0 Å². The van der Waals surface area contributed by atoms with E-state index in [1.165, 1.54) is 4.88 Å². The third-order valence-electron chi connectivity index (χ3n) is 3.42. The number of thioether (sulfide) groups is 1. The van der Waals surface area contributed by atoms with Gasteiger partial charge in [-0.3, -0.25) is 9.59 Å². The lowest BCUT2D eigenvalue weighted by Crippen LogP contribution is -2.32. The van der Waals surface area contributed by atoms with Gasteiger partial charge in [-0.05, 0) is 30.0 Å². The number of nitrogens with one attached hydrogen (secondary N) is 2. The van der Waals surface area contributed by atoms with Gasteiger partial charge in [0, 0.05) is 41.5 Å². The van der Waals surface area contributed by atoms with Crippen molar-refractivity contribution in [1.82, 2.24) is 10.6 Å². The average Bonchev–Trinajstić information content (AvgIpc) is 3.08. The monoisotopic (exact) mass is 362 g/mol. The van der Waals surface area contributed by atoms with Gasteiger partial charge in [0.25, 0.3) is 5.91 Å². The summed E-state index contributed by atoms with van der Waals surface area (Å²) in [6, 6.07) is 11.6. The van der Waals surface area contributed by atoms with Crippen molar-refractivity contribution in [1.29, 1.82) is 0 Å². The lowest BCUT2D eigenvalue weighted by molar-refractivity contribution is -0.120. The quantitative estimate of drug-likeness (QED) is 0.674. The van der Waals surface area contributed by atoms with E-state index in [1.54, 1.807) is 29.2 Å². The van der Waals surface area contributed by atoms with Crippen molar-refractivity contribution in [3.63, 3.8) is 0 Å². The van der Waals surface area contributed by atoms with Crippen molar-refractivity contribution in [3.05, 3.63) is 57.8 Å². The second-order valence-corrected chi connectivity index (χ2v) is 7.44. The molecule has 1 aromatic carbocycles. The smallest absolute Gasteiger partial charge is 0.251 e. The fourth-order valence-corrected chi connectivity index (χ4v) is 3.83. The predicted molar refractivity (Wildman–Crippen MR) is 102 cm³/mol. The average molecular weight is 363 g/mol. The van der Waals surface area contributed by atoms with E-state index < -0.39 is 0 Å². The summed E-state index contributed by atoms with van der Waals surface area (Å²) in [5.41, 5.74) is 1.59. The molecule has 2 N–H and O–H groups in total. The van der Waals surface area contributed by atoms with Gasteiger partial charge in [0.15, 0.2) is 0 Å². The van der Waals surface area contributed by atoms with Crippen molar-refractivity contribution in [2.45, 2.75) is 19.1 Å². The maximum Gasteiger partial charge on any atom is 0.251 e. The Bertz CT molecular complexity index is 657. The minimum atomic E-state index is -0.132. The fraction of sp³-hybridized carbons (Fsp3) is 0.333. The van der Waals surface area contributed by atoms with E-state index >= 15 is 0 Å². The molecule has 2 amide bonds. The zero-order valence-corrected chi connectivity index (χ0v) is 15.3. The molecule has 24 heavy (non-hydrogen) atoms. The Hall–Kier alpha value is -1.79. The first-order valence-corrected chi connectivity index (χ1v) is 9.91. The molecule has 0 saturated carbocycles. The van der Waals surface area contributed by atoms with E-state index in [0.717, 1.165) is 17.1 Å². The Morgan fingerprint density at radius 1 is 1.08 bits per heavy atom. The molecule has 0 saturated heterocycles. The fourth-order valence-electron chi connectivity index (χ4n) is 2.13. The standard InChI is InChI=1S/C18H22N2O2S2/c1-14-5-2-3-7-16(14)18(22)20-9-8-17(21)19-10-12-23-13-15-6-4-11-24-15/h2-7,11H,8-10,12-13H2,1H3,(H,19,21)(H,20,22). The summed E-state index contributed by atoms with van der Waals surface area (Å²) in [6.07, 6.45) is 0.299. The van der Waals surface area contributed by atoms with Crippen LogP contribution in [-0.2, 0) is 10.5 Å². The molecule has 2 rings (SSSR count). The van der Waals surface area contributed by atoms with Crippen LogP contribution in [0.5, 0.6) is 0 Å². The summed E-state index contributed by atoms with van der Waals surface area (Å²) >= 11 is 3.56. The molecule has 0 aliphatic carbocycles. The van der Waals surface area contributed by atoms with E-state index in [2.05, 4.69) is 22.1 Å². The van der Waals surface area contributed by atoms with E-state index in [9.17, 15) is 9.59 Å². The highest BCUT2D eigenvalue weighted by Crippen LogP contribution is 2.16. The predicted octanol–water partition coefficient (Wildman–Crippen LogP) is 3.23. The molecule has 0 fully saturated rings. The first-order chi connectivity index (χ1) is 11.7. The largest absolute Gasteiger partial charge is 0.355 e. The number of hydrogen-bond donors (Lipinski definition) is 2. The molecule has 0 aliphatic heterocycles. The second kappa shape index (κ2) is 10.2. The molecule has 1 aromatic heterocycles. The van der Waals surface area contributed by atoms with Gasteiger partial charge < -0.3 is 10.6 Å². The number of thiophene rings is 1. The number of aryl methyl sites for hydroxylation is 1. The van der Waals surface area contributed by atoms with Gasteiger partial charge in [0.2, 0.25) is 5.91 Å². The highest BCUT2D eigenvalue weighted by Gasteiger charge is 2.08. The normalized spacial score (nSPS) is 10.4. The Morgan fingerprint density at radius 2 is 1.92 bits per heavy atom. The molecule has 2 aromatic rings. The summed E-state index contributed by atoms with van der Waals surface area (Å²) in [5.74, 6) is 1.71. The van der Waals surface area contributed by atoms with Crippen LogP contribution in [0.15, 0.2) is 41.8 Å². The van der Waals surface area contributed by atoms with Crippen LogP contribution in [0.1, 0.15) is 27.2 Å². The Labute approximate surface area is 151 Å². The molecule has 0 unspecified atom stereocenters. The molecular weight excluding hydrogens is 340 g/mol. The van der Waals surface area contributed by atoms with E-state index in [1.807, 2.05) is 31.2 Å². The number of rotatable bonds is 9. The van der Waals surface area contributed by atoms with E-state index in [-0.39, 0.29) is 11.8 Å². The van der Waals surface area contributed by atoms with Crippen LogP contribution in [0.2, 0.25) is 0 Å². The lowest BCUT2D eigenvalue weighted by atomic mass is 10.1. The van der Waals surface area contributed by atoms with Crippen LogP contribution in [-0.4, -0.2) is 30.7 Å². The summed E-state index contributed by atoms with van der Waals surface area (Å²) in [6.45, 7) is 2.90. The first-order valence-electron chi connectivity index (χ1n) is 7.87. The number of benzene rings is 1. The molecule has 0 spiro atoms. The van der Waals surface area contributed by atoms with E-state index in [4.69, 9.17) is 0 Å². The molecule has 0 aliphatic rings. The molecule has 128 valence electrons. The molecule has 1 heterocycles. The van der Waals surface area contributed by atoms with Crippen LogP contribution in [0.25, 0.3) is 0 Å². The van der Waals surface area contributed by atoms with Crippen LogP contribution in [0, 0.1) is 6.92 Å². The summed E-state index contributed by atoms with van der Waals surface area (Å²) in [7, 11) is 0. The minimum Gasteiger partial charge on any atom is -0.355 e. The number of carbonyl (C=O) groups excluding carboxylic acids is 2. The van der Waals surface area contributed by atoms with Gasteiger partial charge in [-0.25, -0.2) is 0 Å². The Kier molecular flexibility index (Phi) is 7.85. The topological polar surface area (TPSA) is 58.2 Å². The molecule has 0 atom stereocenters. The first kappa shape index (κ1) is 18.5. The van der Waals surface area contributed by atoms with Gasteiger partial charge in [-0.15, -0.1) is 11.3 Å². The summed E-state index contributed by atoms with van der Waals surface area (Å²) in [4.78, 5) is 25.1. The molecular formula is C18H22N2O2S2. The van der Waals surface area contributed by atoms with Crippen LogP contribution in [0.3, 0.4) is 0 Å². The van der Waals surface area contributed by atoms with Gasteiger partial charge in [-0.2, -0.15) is 11.8 Å². The highest BCUT2D eigenvalue weighted by atomic mass is 32.2. The maximum atomic E-state index is 12.0.